The Morgan fingerprint density at radius 1 is 1.42 bits per heavy atom. The predicted molar refractivity (Wildman–Crippen MR) is 44.9 cm³/mol. The molecule has 1 atom stereocenters. The highest BCUT2D eigenvalue weighted by Crippen LogP contribution is 2.26. The maximum atomic E-state index is 12.7. The zero-order valence-electron chi connectivity index (χ0n) is 6.95. The molecule has 0 nitrogen and oxygen atoms in total. The Balaban J connectivity index is 2.62. The standard InChI is InChI=1S/C10H12F2/c1-2-9-5-3-4-7-10(11,12)8-6-9/h2,9H,1,3,5-6,8H2. The van der Waals surface area contributed by atoms with Gasteiger partial charge in [0.2, 0.25) is 0 Å². The van der Waals surface area contributed by atoms with E-state index in [-0.39, 0.29) is 12.3 Å². The van der Waals surface area contributed by atoms with E-state index in [1.165, 1.54) is 0 Å². The molecule has 0 bridgehead atoms. The van der Waals surface area contributed by atoms with Gasteiger partial charge in [0.25, 0.3) is 0 Å². The van der Waals surface area contributed by atoms with Crippen LogP contribution in [0, 0.1) is 17.8 Å². The number of hydrogen-bond acceptors (Lipinski definition) is 0. The molecule has 0 aromatic heterocycles. The molecule has 0 N–H and O–H groups in total. The smallest absolute Gasteiger partial charge is 0.192 e. The van der Waals surface area contributed by atoms with E-state index >= 15 is 0 Å². The average molecular weight is 170 g/mol. The van der Waals surface area contributed by atoms with Gasteiger partial charge < -0.3 is 0 Å². The molecule has 0 fully saturated rings. The Labute approximate surface area is 71.7 Å². The van der Waals surface area contributed by atoms with Gasteiger partial charge in [-0.05, 0) is 24.7 Å². The normalized spacial score (nSPS) is 27.7. The molecule has 0 aromatic carbocycles. The van der Waals surface area contributed by atoms with Gasteiger partial charge in [-0.25, -0.2) is 0 Å². The van der Waals surface area contributed by atoms with Gasteiger partial charge in [0.15, 0.2) is 0 Å². The molecular formula is C10H12F2. The molecule has 0 saturated heterocycles. The molecule has 1 unspecified atom stereocenters. The second-order valence-electron chi connectivity index (χ2n) is 3.08. The largest absolute Gasteiger partial charge is 0.308 e. The minimum Gasteiger partial charge on any atom is -0.192 e. The number of rotatable bonds is 1. The van der Waals surface area contributed by atoms with Crippen LogP contribution in [-0.2, 0) is 0 Å². The van der Waals surface area contributed by atoms with Crippen molar-refractivity contribution >= 4 is 0 Å². The quantitative estimate of drug-likeness (QED) is 0.419. The molecule has 1 rings (SSSR count). The Hall–Kier alpha value is -0.840. The maximum Gasteiger partial charge on any atom is 0.308 e. The van der Waals surface area contributed by atoms with Crippen LogP contribution in [0.2, 0.25) is 0 Å². The van der Waals surface area contributed by atoms with E-state index in [1.54, 1.807) is 6.08 Å². The molecule has 1 aliphatic carbocycles. The van der Waals surface area contributed by atoms with Crippen LogP contribution in [-0.4, -0.2) is 5.92 Å². The summed E-state index contributed by atoms with van der Waals surface area (Å²) in [4.78, 5) is 0. The van der Waals surface area contributed by atoms with Gasteiger partial charge in [-0.15, -0.1) is 6.58 Å². The lowest BCUT2D eigenvalue weighted by molar-refractivity contribution is 0.0497. The molecular weight excluding hydrogens is 158 g/mol. The topological polar surface area (TPSA) is 0 Å². The zero-order valence-corrected chi connectivity index (χ0v) is 6.95. The van der Waals surface area contributed by atoms with Gasteiger partial charge in [0.1, 0.15) is 0 Å². The van der Waals surface area contributed by atoms with E-state index in [0.29, 0.717) is 12.8 Å². The van der Waals surface area contributed by atoms with Crippen LogP contribution in [0.5, 0.6) is 0 Å². The van der Waals surface area contributed by atoms with Crippen LogP contribution in [0.4, 0.5) is 8.78 Å². The summed E-state index contributed by atoms with van der Waals surface area (Å²) in [5, 5.41) is 0. The molecule has 66 valence electrons. The van der Waals surface area contributed by atoms with Crippen molar-refractivity contribution in [2.24, 2.45) is 5.92 Å². The summed E-state index contributed by atoms with van der Waals surface area (Å²) in [5.41, 5.74) is 0. The Morgan fingerprint density at radius 2 is 2.17 bits per heavy atom. The van der Waals surface area contributed by atoms with Gasteiger partial charge in [-0.3, -0.25) is 0 Å². The van der Waals surface area contributed by atoms with E-state index in [0.717, 1.165) is 6.42 Å². The fourth-order valence-corrected chi connectivity index (χ4v) is 1.26. The van der Waals surface area contributed by atoms with Gasteiger partial charge in [0, 0.05) is 12.8 Å². The molecule has 0 aliphatic heterocycles. The molecule has 0 spiro atoms. The van der Waals surface area contributed by atoms with E-state index in [1.807, 2.05) is 5.92 Å². The molecule has 0 amide bonds. The van der Waals surface area contributed by atoms with Crippen LogP contribution in [0.1, 0.15) is 25.7 Å². The first-order valence-electron chi connectivity index (χ1n) is 4.14. The van der Waals surface area contributed by atoms with Crippen molar-refractivity contribution in [2.75, 3.05) is 0 Å². The second kappa shape index (κ2) is 3.71. The summed E-state index contributed by atoms with van der Waals surface area (Å²) in [7, 11) is 0. The highest BCUT2D eigenvalue weighted by molar-refractivity contribution is 5.11. The van der Waals surface area contributed by atoms with E-state index in [4.69, 9.17) is 0 Å². The Morgan fingerprint density at radius 3 is 2.83 bits per heavy atom. The number of hydrogen-bond donors (Lipinski definition) is 0. The molecule has 2 heteroatoms. The van der Waals surface area contributed by atoms with Gasteiger partial charge in [0.05, 0.1) is 0 Å². The molecule has 0 radical (unpaired) electrons. The highest BCUT2D eigenvalue weighted by Gasteiger charge is 2.27. The van der Waals surface area contributed by atoms with E-state index in [9.17, 15) is 8.78 Å². The van der Waals surface area contributed by atoms with Gasteiger partial charge in [-0.1, -0.05) is 12.0 Å². The zero-order chi connectivity index (χ0) is 9.03. The van der Waals surface area contributed by atoms with Crippen molar-refractivity contribution in [1.29, 1.82) is 0 Å². The summed E-state index contributed by atoms with van der Waals surface area (Å²) in [6, 6.07) is 0. The molecule has 12 heavy (non-hydrogen) atoms. The van der Waals surface area contributed by atoms with Crippen molar-refractivity contribution in [3.05, 3.63) is 12.7 Å². The van der Waals surface area contributed by atoms with Crippen molar-refractivity contribution in [3.63, 3.8) is 0 Å². The molecule has 0 aromatic rings. The van der Waals surface area contributed by atoms with Crippen molar-refractivity contribution in [3.8, 4) is 11.8 Å². The summed E-state index contributed by atoms with van der Waals surface area (Å²) in [6.07, 6.45) is 3.56. The first-order valence-corrected chi connectivity index (χ1v) is 4.14. The van der Waals surface area contributed by atoms with E-state index < -0.39 is 5.92 Å². The maximum absolute atomic E-state index is 12.7. The van der Waals surface area contributed by atoms with Crippen LogP contribution in [0.3, 0.4) is 0 Å². The third-order valence-electron chi connectivity index (χ3n) is 2.07. The van der Waals surface area contributed by atoms with Crippen LogP contribution in [0.25, 0.3) is 0 Å². The number of alkyl halides is 2. The van der Waals surface area contributed by atoms with Crippen LogP contribution >= 0.6 is 0 Å². The summed E-state index contributed by atoms with van der Waals surface area (Å²) >= 11 is 0. The summed E-state index contributed by atoms with van der Waals surface area (Å²) in [6.45, 7) is 3.61. The van der Waals surface area contributed by atoms with Gasteiger partial charge >= 0.3 is 5.92 Å². The highest BCUT2D eigenvalue weighted by atomic mass is 19.3. The fraction of sp³-hybridized carbons (Fsp3) is 0.600. The van der Waals surface area contributed by atoms with Crippen molar-refractivity contribution < 1.29 is 8.78 Å². The summed E-state index contributed by atoms with van der Waals surface area (Å²) < 4.78 is 25.5. The monoisotopic (exact) mass is 170 g/mol. The third-order valence-corrected chi connectivity index (χ3v) is 2.07. The average Bonchev–Trinajstić information content (AvgIpc) is 2.00. The summed E-state index contributed by atoms with van der Waals surface area (Å²) in [5.74, 6) is 1.92. The van der Waals surface area contributed by atoms with Crippen LogP contribution in [0.15, 0.2) is 12.7 Å². The number of halogens is 2. The lowest BCUT2D eigenvalue weighted by atomic mass is 9.94. The third kappa shape index (κ3) is 2.65. The fourth-order valence-electron chi connectivity index (χ4n) is 1.26. The van der Waals surface area contributed by atoms with Crippen molar-refractivity contribution in [1.82, 2.24) is 0 Å². The first-order chi connectivity index (χ1) is 5.64. The Kier molecular flexibility index (Phi) is 2.86. The minimum atomic E-state index is -2.78. The van der Waals surface area contributed by atoms with Crippen molar-refractivity contribution in [2.45, 2.75) is 31.6 Å². The second-order valence-corrected chi connectivity index (χ2v) is 3.08. The Bertz CT molecular complexity index is 220. The SMILES string of the molecule is C=CC1CCC#CC(F)(F)CC1. The molecule has 1 aliphatic rings. The van der Waals surface area contributed by atoms with Gasteiger partial charge in [-0.2, -0.15) is 8.78 Å². The molecule has 0 heterocycles. The predicted octanol–water partition coefficient (Wildman–Crippen LogP) is 3.00. The number of allylic oxidation sites excluding steroid dienone is 1. The first kappa shape index (κ1) is 9.25. The molecule has 0 saturated carbocycles. The van der Waals surface area contributed by atoms with E-state index in [2.05, 4.69) is 12.5 Å². The lowest BCUT2D eigenvalue weighted by Gasteiger charge is -2.16. The van der Waals surface area contributed by atoms with Crippen LogP contribution < -0.4 is 0 Å². The lowest BCUT2D eigenvalue weighted by Crippen LogP contribution is -2.16. The minimum absolute atomic E-state index is 0.128.